The molecule has 1 aromatic rings. The molecule has 0 spiro atoms. The molecule has 1 heterocycles. The van der Waals surface area contributed by atoms with Gasteiger partial charge in [0.25, 0.3) is 0 Å². The normalized spacial score (nSPS) is 13.5. The van der Waals surface area contributed by atoms with E-state index >= 15 is 0 Å². The van der Waals surface area contributed by atoms with Gasteiger partial charge in [0.1, 0.15) is 5.82 Å². The zero-order chi connectivity index (χ0) is 8.43. The maximum absolute atomic E-state index is 8.72. The summed E-state index contributed by atoms with van der Waals surface area (Å²) in [6.07, 6.45) is 0. The summed E-state index contributed by atoms with van der Waals surface area (Å²) in [4.78, 5) is 0. The van der Waals surface area contributed by atoms with Gasteiger partial charge in [-0.15, -0.1) is 10.2 Å². The molecule has 0 aromatic carbocycles. The van der Waals surface area contributed by atoms with Crippen molar-refractivity contribution in [3.05, 3.63) is 11.6 Å². The molecule has 0 radical (unpaired) electrons. The lowest BCUT2D eigenvalue weighted by Gasteiger charge is -2.06. The number of aliphatic hydroxyl groups is 1. The van der Waals surface area contributed by atoms with Gasteiger partial charge in [0.15, 0.2) is 5.82 Å². The summed E-state index contributed by atoms with van der Waals surface area (Å²) in [5.41, 5.74) is 5.54. The number of aromatic nitrogens is 3. The van der Waals surface area contributed by atoms with E-state index < -0.39 is 6.04 Å². The first-order valence-corrected chi connectivity index (χ1v) is 3.39. The summed E-state index contributed by atoms with van der Waals surface area (Å²) in [5, 5.41) is 16.3. The second-order valence-corrected chi connectivity index (χ2v) is 2.45. The van der Waals surface area contributed by atoms with Gasteiger partial charge in [-0.25, -0.2) is 0 Å². The highest BCUT2D eigenvalue weighted by Crippen LogP contribution is 2.05. The molecule has 11 heavy (non-hydrogen) atoms. The Labute approximate surface area is 64.9 Å². The third-order valence-corrected chi connectivity index (χ3v) is 1.65. The Hall–Kier alpha value is -0.940. The zero-order valence-corrected chi connectivity index (χ0v) is 6.65. The summed E-state index contributed by atoms with van der Waals surface area (Å²) in [6, 6.07) is -0.429. The largest absolute Gasteiger partial charge is 0.394 e. The number of nitrogens with two attached hydrogens (primary N) is 1. The van der Waals surface area contributed by atoms with Crippen LogP contribution in [0.5, 0.6) is 0 Å². The van der Waals surface area contributed by atoms with Crippen molar-refractivity contribution >= 4 is 0 Å². The number of hydrogen-bond donors (Lipinski definition) is 2. The van der Waals surface area contributed by atoms with E-state index in [2.05, 4.69) is 10.2 Å². The van der Waals surface area contributed by atoms with Crippen LogP contribution >= 0.6 is 0 Å². The fourth-order valence-electron chi connectivity index (χ4n) is 0.828. The fraction of sp³-hybridized carbons (Fsp3) is 0.667. The van der Waals surface area contributed by atoms with Crippen molar-refractivity contribution in [1.29, 1.82) is 0 Å². The Bertz CT molecular complexity index is 245. The standard InChI is InChI=1S/C6H12N4O/c1-4-8-9-6(10(4)2)5(7)3-11/h5,11H,3,7H2,1-2H3. The lowest BCUT2D eigenvalue weighted by Crippen LogP contribution is -2.19. The fourth-order valence-corrected chi connectivity index (χ4v) is 0.828. The lowest BCUT2D eigenvalue weighted by atomic mass is 10.3. The van der Waals surface area contributed by atoms with Crippen LogP contribution in [0.3, 0.4) is 0 Å². The van der Waals surface area contributed by atoms with Crippen LogP contribution in [0.1, 0.15) is 17.7 Å². The van der Waals surface area contributed by atoms with Gasteiger partial charge >= 0.3 is 0 Å². The summed E-state index contributed by atoms with van der Waals surface area (Å²) < 4.78 is 1.76. The highest BCUT2D eigenvalue weighted by atomic mass is 16.3. The van der Waals surface area contributed by atoms with E-state index in [1.165, 1.54) is 0 Å². The summed E-state index contributed by atoms with van der Waals surface area (Å²) in [5.74, 6) is 1.41. The van der Waals surface area contributed by atoms with Crippen molar-refractivity contribution in [3.8, 4) is 0 Å². The van der Waals surface area contributed by atoms with E-state index in [1.54, 1.807) is 4.57 Å². The number of aryl methyl sites for hydroxylation is 1. The van der Waals surface area contributed by atoms with E-state index in [0.29, 0.717) is 5.82 Å². The molecule has 1 unspecified atom stereocenters. The van der Waals surface area contributed by atoms with Crippen LogP contribution in [0.15, 0.2) is 0 Å². The Balaban J connectivity index is 2.94. The van der Waals surface area contributed by atoms with Gasteiger partial charge in [0, 0.05) is 7.05 Å². The minimum absolute atomic E-state index is 0.105. The topological polar surface area (TPSA) is 77.0 Å². The van der Waals surface area contributed by atoms with Crippen molar-refractivity contribution in [3.63, 3.8) is 0 Å². The SMILES string of the molecule is Cc1nnc(C(N)CO)n1C. The van der Waals surface area contributed by atoms with Crippen LogP contribution in [0.25, 0.3) is 0 Å². The van der Waals surface area contributed by atoms with Gasteiger partial charge in [-0.05, 0) is 6.92 Å². The molecular formula is C6H12N4O. The number of aliphatic hydroxyl groups excluding tert-OH is 1. The molecule has 0 saturated heterocycles. The van der Waals surface area contributed by atoms with Crippen molar-refractivity contribution < 1.29 is 5.11 Å². The Morgan fingerprint density at radius 1 is 1.64 bits per heavy atom. The molecule has 3 N–H and O–H groups in total. The van der Waals surface area contributed by atoms with Gasteiger partial charge < -0.3 is 15.4 Å². The molecule has 1 rings (SSSR count). The van der Waals surface area contributed by atoms with Crippen molar-refractivity contribution in [2.24, 2.45) is 12.8 Å². The van der Waals surface area contributed by atoms with Gasteiger partial charge in [0.2, 0.25) is 0 Å². The van der Waals surface area contributed by atoms with E-state index in [9.17, 15) is 0 Å². The number of nitrogens with zero attached hydrogens (tertiary/aromatic N) is 3. The molecule has 5 nitrogen and oxygen atoms in total. The monoisotopic (exact) mass is 156 g/mol. The molecule has 0 bridgehead atoms. The van der Waals surface area contributed by atoms with E-state index in [4.69, 9.17) is 10.8 Å². The summed E-state index contributed by atoms with van der Waals surface area (Å²) >= 11 is 0. The van der Waals surface area contributed by atoms with Crippen molar-refractivity contribution in [2.75, 3.05) is 6.61 Å². The molecule has 0 saturated carbocycles. The van der Waals surface area contributed by atoms with Crippen molar-refractivity contribution in [2.45, 2.75) is 13.0 Å². The first kappa shape index (κ1) is 8.16. The molecule has 0 aliphatic rings. The molecule has 1 atom stereocenters. The molecule has 0 aliphatic heterocycles. The van der Waals surface area contributed by atoms with Crippen LogP contribution in [0.2, 0.25) is 0 Å². The highest BCUT2D eigenvalue weighted by Gasteiger charge is 2.11. The molecule has 0 fully saturated rings. The van der Waals surface area contributed by atoms with Crippen molar-refractivity contribution in [1.82, 2.24) is 14.8 Å². The first-order valence-electron chi connectivity index (χ1n) is 3.39. The minimum Gasteiger partial charge on any atom is -0.394 e. The third kappa shape index (κ3) is 1.38. The minimum atomic E-state index is -0.429. The average Bonchev–Trinajstić information content (AvgIpc) is 2.32. The predicted molar refractivity (Wildman–Crippen MR) is 39.8 cm³/mol. The van der Waals surface area contributed by atoms with Gasteiger partial charge in [-0.2, -0.15) is 0 Å². The van der Waals surface area contributed by atoms with Crippen LogP contribution < -0.4 is 5.73 Å². The average molecular weight is 156 g/mol. The molecule has 1 aromatic heterocycles. The maximum atomic E-state index is 8.72. The van der Waals surface area contributed by atoms with Crippen LogP contribution in [-0.4, -0.2) is 26.5 Å². The quantitative estimate of drug-likeness (QED) is 0.582. The predicted octanol–water partition coefficient (Wildman–Crippen LogP) is -0.884. The van der Waals surface area contributed by atoms with Gasteiger partial charge in [0.05, 0.1) is 12.6 Å². The number of hydrogen-bond acceptors (Lipinski definition) is 4. The number of rotatable bonds is 2. The first-order chi connectivity index (χ1) is 5.16. The summed E-state index contributed by atoms with van der Waals surface area (Å²) in [6.45, 7) is 1.73. The summed E-state index contributed by atoms with van der Waals surface area (Å²) in [7, 11) is 1.82. The Morgan fingerprint density at radius 2 is 2.27 bits per heavy atom. The van der Waals surface area contributed by atoms with E-state index in [1.807, 2.05) is 14.0 Å². The third-order valence-electron chi connectivity index (χ3n) is 1.65. The molecule has 62 valence electrons. The van der Waals surface area contributed by atoms with E-state index in [-0.39, 0.29) is 6.61 Å². The van der Waals surface area contributed by atoms with Gasteiger partial charge in [-0.1, -0.05) is 0 Å². The van der Waals surface area contributed by atoms with Crippen LogP contribution in [0, 0.1) is 6.92 Å². The zero-order valence-electron chi connectivity index (χ0n) is 6.65. The highest BCUT2D eigenvalue weighted by molar-refractivity contribution is 4.97. The van der Waals surface area contributed by atoms with Crippen LogP contribution in [0.4, 0.5) is 0 Å². The second-order valence-electron chi connectivity index (χ2n) is 2.45. The van der Waals surface area contributed by atoms with E-state index in [0.717, 1.165) is 5.82 Å². The molecule has 5 heteroatoms. The maximum Gasteiger partial charge on any atom is 0.152 e. The van der Waals surface area contributed by atoms with Crippen LogP contribution in [-0.2, 0) is 7.05 Å². The lowest BCUT2D eigenvalue weighted by molar-refractivity contribution is 0.261. The second kappa shape index (κ2) is 2.98. The Kier molecular flexibility index (Phi) is 2.21. The molecule has 0 amide bonds. The Morgan fingerprint density at radius 3 is 2.64 bits per heavy atom. The molecule has 0 aliphatic carbocycles. The smallest absolute Gasteiger partial charge is 0.152 e. The van der Waals surface area contributed by atoms with Gasteiger partial charge in [-0.3, -0.25) is 0 Å². The molecular weight excluding hydrogens is 144 g/mol.